The fraction of sp³-hybridized carbons (Fsp3) is 0.533. The van der Waals surface area contributed by atoms with Crippen LogP contribution in [0.2, 0.25) is 0 Å². The number of anilines is 1. The SMILES string of the molecule is COc1cccc(N2CCN(C(C)=O)CC2)c1[C@@H](C)O. The molecule has 5 heteroatoms. The molecule has 0 radical (unpaired) electrons. The van der Waals surface area contributed by atoms with Crippen molar-refractivity contribution in [1.82, 2.24) is 4.90 Å². The molecular formula is C15H22N2O3. The number of methoxy groups -OCH3 is 1. The van der Waals surface area contributed by atoms with Crippen LogP contribution in [0.25, 0.3) is 0 Å². The molecule has 2 rings (SSSR count). The number of carbonyl (C=O) groups excluding carboxylic acids is 1. The summed E-state index contributed by atoms with van der Waals surface area (Å²) >= 11 is 0. The maximum Gasteiger partial charge on any atom is 0.219 e. The first-order valence-electron chi connectivity index (χ1n) is 6.90. The quantitative estimate of drug-likeness (QED) is 0.908. The van der Waals surface area contributed by atoms with E-state index < -0.39 is 6.10 Å². The summed E-state index contributed by atoms with van der Waals surface area (Å²) in [5.74, 6) is 0.817. The van der Waals surface area contributed by atoms with E-state index in [1.54, 1.807) is 21.0 Å². The highest BCUT2D eigenvalue weighted by atomic mass is 16.5. The molecule has 0 aromatic heterocycles. The summed E-state index contributed by atoms with van der Waals surface area (Å²) in [6.07, 6.45) is -0.591. The van der Waals surface area contributed by atoms with Gasteiger partial charge in [0.1, 0.15) is 5.75 Å². The van der Waals surface area contributed by atoms with Gasteiger partial charge in [0.2, 0.25) is 5.91 Å². The average molecular weight is 278 g/mol. The molecule has 110 valence electrons. The number of benzene rings is 1. The van der Waals surface area contributed by atoms with Crippen molar-refractivity contribution in [3.8, 4) is 5.75 Å². The summed E-state index contributed by atoms with van der Waals surface area (Å²) in [5.41, 5.74) is 1.80. The van der Waals surface area contributed by atoms with Gasteiger partial charge in [-0.3, -0.25) is 4.79 Å². The summed E-state index contributed by atoms with van der Waals surface area (Å²) in [4.78, 5) is 15.4. The monoisotopic (exact) mass is 278 g/mol. The number of aliphatic hydroxyl groups is 1. The summed E-state index contributed by atoms with van der Waals surface area (Å²) in [5, 5.41) is 10.0. The Morgan fingerprint density at radius 2 is 1.95 bits per heavy atom. The van der Waals surface area contributed by atoms with E-state index in [4.69, 9.17) is 4.74 Å². The molecule has 5 nitrogen and oxygen atoms in total. The second-order valence-electron chi connectivity index (χ2n) is 5.06. The van der Waals surface area contributed by atoms with Crippen LogP contribution in [0.1, 0.15) is 25.5 Å². The second kappa shape index (κ2) is 6.13. The van der Waals surface area contributed by atoms with E-state index in [9.17, 15) is 9.90 Å². The van der Waals surface area contributed by atoms with Crippen LogP contribution in [0, 0.1) is 0 Å². The number of hydrogen-bond donors (Lipinski definition) is 1. The third-order valence-electron chi connectivity index (χ3n) is 3.75. The fourth-order valence-electron chi connectivity index (χ4n) is 2.67. The fourth-order valence-corrected chi connectivity index (χ4v) is 2.67. The van der Waals surface area contributed by atoms with Crippen LogP contribution in [0.4, 0.5) is 5.69 Å². The molecule has 0 unspecified atom stereocenters. The maximum absolute atomic E-state index is 11.4. The first-order valence-corrected chi connectivity index (χ1v) is 6.90. The Kier molecular flexibility index (Phi) is 4.49. The molecule has 1 N–H and O–H groups in total. The minimum atomic E-state index is -0.591. The first-order chi connectivity index (χ1) is 9.54. The zero-order valence-electron chi connectivity index (χ0n) is 12.3. The third-order valence-corrected chi connectivity index (χ3v) is 3.75. The van der Waals surface area contributed by atoms with Crippen LogP contribution in [0.5, 0.6) is 5.75 Å². The Labute approximate surface area is 119 Å². The molecule has 20 heavy (non-hydrogen) atoms. The predicted molar refractivity (Wildman–Crippen MR) is 78.1 cm³/mol. The number of hydrogen-bond acceptors (Lipinski definition) is 4. The predicted octanol–water partition coefficient (Wildman–Crippen LogP) is 1.42. The Morgan fingerprint density at radius 3 is 2.45 bits per heavy atom. The second-order valence-corrected chi connectivity index (χ2v) is 5.06. The molecule has 0 spiro atoms. The van der Waals surface area contributed by atoms with Crippen molar-refractivity contribution in [3.63, 3.8) is 0 Å². The van der Waals surface area contributed by atoms with Crippen molar-refractivity contribution in [2.45, 2.75) is 20.0 Å². The topological polar surface area (TPSA) is 53.0 Å². The lowest BCUT2D eigenvalue weighted by Gasteiger charge is -2.37. The molecule has 0 aliphatic carbocycles. The number of carbonyl (C=O) groups is 1. The van der Waals surface area contributed by atoms with Gasteiger partial charge < -0.3 is 19.6 Å². The highest BCUT2D eigenvalue weighted by Crippen LogP contribution is 2.34. The van der Waals surface area contributed by atoms with Crippen LogP contribution in [0.3, 0.4) is 0 Å². The zero-order chi connectivity index (χ0) is 14.7. The number of amides is 1. The standard InChI is InChI=1S/C15H22N2O3/c1-11(18)15-13(5-4-6-14(15)20-3)17-9-7-16(8-10-17)12(2)19/h4-6,11,18H,7-10H2,1-3H3/t11-/m1/s1. The van der Waals surface area contributed by atoms with E-state index in [0.29, 0.717) is 18.8 Å². The normalized spacial score (nSPS) is 17.0. The van der Waals surface area contributed by atoms with Crippen molar-refractivity contribution in [3.05, 3.63) is 23.8 Å². The van der Waals surface area contributed by atoms with Crippen LogP contribution >= 0.6 is 0 Å². The molecule has 1 heterocycles. The van der Waals surface area contributed by atoms with E-state index in [0.717, 1.165) is 24.3 Å². The molecule has 1 fully saturated rings. The van der Waals surface area contributed by atoms with Crippen LogP contribution < -0.4 is 9.64 Å². The Balaban J connectivity index is 2.23. The van der Waals surface area contributed by atoms with E-state index >= 15 is 0 Å². The van der Waals surface area contributed by atoms with Crippen LogP contribution in [-0.4, -0.2) is 49.2 Å². The van der Waals surface area contributed by atoms with Gasteiger partial charge in [0, 0.05) is 44.4 Å². The van der Waals surface area contributed by atoms with Gasteiger partial charge in [-0.25, -0.2) is 0 Å². The Bertz CT molecular complexity index is 480. The van der Waals surface area contributed by atoms with Crippen molar-refractivity contribution < 1.29 is 14.6 Å². The van der Waals surface area contributed by atoms with Gasteiger partial charge in [0.05, 0.1) is 13.2 Å². The summed E-state index contributed by atoms with van der Waals surface area (Å²) in [6, 6.07) is 5.78. The minimum Gasteiger partial charge on any atom is -0.496 e. The van der Waals surface area contributed by atoms with Gasteiger partial charge in [-0.15, -0.1) is 0 Å². The van der Waals surface area contributed by atoms with Gasteiger partial charge in [-0.2, -0.15) is 0 Å². The van der Waals surface area contributed by atoms with E-state index in [-0.39, 0.29) is 5.91 Å². The third kappa shape index (κ3) is 2.88. The molecule has 1 saturated heterocycles. The molecule has 1 atom stereocenters. The van der Waals surface area contributed by atoms with Gasteiger partial charge >= 0.3 is 0 Å². The molecule has 0 saturated carbocycles. The van der Waals surface area contributed by atoms with Crippen LogP contribution in [-0.2, 0) is 4.79 Å². The lowest BCUT2D eigenvalue weighted by molar-refractivity contribution is -0.129. The maximum atomic E-state index is 11.4. The van der Waals surface area contributed by atoms with Crippen molar-refractivity contribution in [2.24, 2.45) is 0 Å². The molecule has 1 aromatic carbocycles. The van der Waals surface area contributed by atoms with E-state index in [1.165, 1.54) is 0 Å². The number of nitrogens with zero attached hydrogens (tertiary/aromatic N) is 2. The molecule has 0 bridgehead atoms. The smallest absolute Gasteiger partial charge is 0.219 e. The lowest BCUT2D eigenvalue weighted by atomic mass is 10.0. The number of piperazine rings is 1. The van der Waals surface area contributed by atoms with E-state index in [1.807, 2.05) is 23.1 Å². The molecule has 1 aliphatic heterocycles. The van der Waals surface area contributed by atoms with Crippen molar-refractivity contribution in [1.29, 1.82) is 0 Å². The van der Waals surface area contributed by atoms with Crippen molar-refractivity contribution in [2.75, 3.05) is 38.2 Å². The van der Waals surface area contributed by atoms with E-state index in [2.05, 4.69) is 4.90 Å². The highest BCUT2D eigenvalue weighted by Gasteiger charge is 2.23. The minimum absolute atomic E-state index is 0.117. The lowest BCUT2D eigenvalue weighted by Crippen LogP contribution is -2.48. The van der Waals surface area contributed by atoms with Crippen LogP contribution in [0.15, 0.2) is 18.2 Å². The molecule has 1 aliphatic rings. The van der Waals surface area contributed by atoms with Gasteiger partial charge in [-0.05, 0) is 19.1 Å². The number of rotatable bonds is 3. The van der Waals surface area contributed by atoms with Crippen molar-refractivity contribution >= 4 is 11.6 Å². The van der Waals surface area contributed by atoms with Gasteiger partial charge in [-0.1, -0.05) is 6.07 Å². The molecular weight excluding hydrogens is 256 g/mol. The van der Waals surface area contributed by atoms with Gasteiger partial charge in [0.15, 0.2) is 0 Å². The first kappa shape index (κ1) is 14.7. The summed E-state index contributed by atoms with van der Waals surface area (Å²) in [6.45, 7) is 6.31. The van der Waals surface area contributed by atoms with Gasteiger partial charge in [0.25, 0.3) is 0 Å². The number of aliphatic hydroxyl groups excluding tert-OH is 1. The Morgan fingerprint density at radius 1 is 1.30 bits per heavy atom. The highest BCUT2D eigenvalue weighted by molar-refractivity contribution is 5.73. The molecule has 1 amide bonds. The number of ether oxygens (including phenoxy) is 1. The molecule has 1 aromatic rings. The average Bonchev–Trinajstić information content (AvgIpc) is 2.46. The summed E-state index contributed by atoms with van der Waals surface area (Å²) < 4.78 is 5.35. The zero-order valence-corrected chi connectivity index (χ0v) is 12.3. The summed E-state index contributed by atoms with van der Waals surface area (Å²) in [7, 11) is 1.61. The largest absolute Gasteiger partial charge is 0.496 e. The Hall–Kier alpha value is -1.75.